The highest BCUT2D eigenvalue weighted by atomic mass is 32.1. The van der Waals surface area contributed by atoms with Crippen LogP contribution in [-0.2, 0) is 0 Å². The minimum atomic E-state index is 0.204. The number of ketones is 1. The zero-order valence-electron chi connectivity index (χ0n) is 11.2. The summed E-state index contributed by atoms with van der Waals surface area (Å²) in [6, 6.07) is 2.10. The number of Topliss-reactive ketones (excluding diaryl/α,β-unsaturated/α-hetero) is 1. The highest BCUT2D eigenvalue weighted by Crippen LogP contribution is 2.31. The van der Waals surface area contributed by atoms with Crippen molar-refractivity contribution < 1.29 is 4.79 Å². The first-order chi connectivity index (χ1) is 7.21. The van der Waals surface area contributed by atoms with Crippen LogP contribution in [0.25, 0.3) is 0 Å². The molecule has 0 spiro atoms. The van der Waals surface area contributed by atoms with E-state index in [1.807, 2.05) is 6.92 Å². The second-order valence-corrected chi connectivity index (χ2v) is 7.02. The van der Waals surface area contributed by atoms with Gasteiger partial charge in [0.2, 0.25) is 0 Å². The van der Waals surface area contributed by atoms with E-state index in [-0.39, 0.29) is 5.41 Å². The Morgan fingerprint density at radius 2 is 1.94 bits per heavy atom. The Morgan fingerprint density at radius 1 is 1.38 bits per heavy atom. The first-order valence-electron chi connectivity index (χ1n) is 5.82. The Labute approximate surface area is 103 Å². The predicted octanol–water partition coefficient (Wildman–Crippen LogP) is 4.62. The zero-order chi connectivity index (χ0) is 12.5. The van der Waals surface area contributed by atoms with Gasteiger partial charge in [-0.25, -0.2) is 0 Å². The first kappa shape index (κ1) is 13.4. The molecule has 0 N–H and O–H groups in total. The number of carbonyl (C=O) groups is 1. The van der Waals surface area contributed by atoms with Crippen molar-refractivity contribution >= 4 is 17.1 Å². The number of carbonyl (C=O) groups excluding carboxylic acids is 1. The van der Waals surface area contributed by atoms with Crippen molar-refractivity contribution in [3.05, 3.63) is 21.4 Å². The molecule has 1 rings (SSSR count). The van der Waals surface area contributed by atoms with E-state index < -0.39 is 0 Å². The van der Waals surface area contributed by atoms with Crippen LogP contribution in [-0.4, -0.2) is 5.78 Å². The number of hydrogen-bond donors (Lipinski definition) is 0. The average molecular weight is 238 g/mol. The van der Waals surface area contributed by atoms with E-state index in [0.29, 0.717) is 18.1 Å². The Bertz CT molecular complexity index is 382. The highest BCUT2D eigenvalue weighted by Gasteiger charge is 2.24. The van der Waals surface area contributed by atoms with Crippen LogP contribution in [0, 0.1) is 25.2 Å². The molecule has 1 aromatic rings. The molecule has 0 bridgehead atoms. The number of rotatable bonds is 3. The van der Waals surface area contributed by atoms with Crippen molar-refractivity contribution in [2.24, 2.45) is 11.3 Å². The van der Waals surface area contributed by atoms with Gasteiger partial charge in [-0.2, -0.15) is 0 Å². The van der Waals surface area contributed by atoms with Crippen LogP contribution in [0.15, 0.2) is 6.07 Å². The third-order valence-electron chi connectivity index (χ3n) is 3.26. The van der Waals surface area contributed by atoms with Crippen LogP contribution in [0.1, 0.15) is 54.2 Å². The summed E-state index contributed by atoms with van der Waals surface area (Å²) in [5.41, 5.74) is 1.34. The van der Waals surface area contributed by atoms with Crippen LogP contribution in [0.5, 0.6) is 0 Å². The summed E-state index contributed by atoms with van der Waals surface area (Å²) in [6.45, 7) is 12.8. The van der Waals surface area contributed by atoms with Crippen molar-refractivity contribution in [3.8, 4) is 0 Å². The van der Waals surface area contributed by atoms with E-state index in [1.165, 1.54) is 4.88 Å². The molecule has 1 unspecified atom stereocenters. The fourth-order valence-corrected chi connectivity index (χ4v) is 2.57. The molecule has 0 aliphatic rings. The fraction of sp³-hybridized carbons (Fsp3) is 0.643. The summed E-state index contributed by atoms with van der Waals surface area (Å²) in [6.07, 6.45) is 0.657. The third kappa shape index (κ3) is 3.18. The van der Waals surface area contributed by atoms with Crippen LogP contribution >= 0.6 is 11.3 Å². The van der Waals surface area contributed by atoms with Crippen LogP contribution < -0.4 is 0 Å². The van der Waals surface area contributed by atoms with Gasteiger partial charge in [-0.15, -0.1) is 11.3 Å². The first-order valence-corrected chi connectivity index (χ1v) is 6.63. The van der Waals surface area contributed by atoms with Crippen LogP contribution in [0.2, 0.25) is 0 Å². The van der Waals surface area contributed by atoms with E-state index in [4.69, 9.17) is 0 Å². The summed E-state index contributed by atoms with van der Waals surface area (Å²) in [5.74, 6) is 0.722. The van der Waals surface area contributed by atoms with Crippen molar-refractivity contribution in [1.82, 2.24) is 0 Å². The molecule has 1 aromatic heterocycles. The highest BCUT2D eigenvalue weighted by molar-refractivity contribution is 7.14. The third-order valence-corrected chi connectivity index (χ3v) is 4.46. The van der Waals surface area contributed by atoms with Crippen molar-refractivity contribution in [2.45, 2.75) is 48.0 Å². The Kier molecular flexibility index (Phi) is 3.95. The summed E-state index contributed by atoms with van der Waals surface area (Å²) >= 11 is 1.63. The van der Waals surface area contributed by atoms with E-state index in [9.17, 15) is 4.79 Å². The Balaban J connectivity index is 2.77. The van der Waals surface area contributed by atoms with Gasteiger partial charge in [0, 0.05) is 11.3 Å². The quantitative estimate of drug-likeness (QED) is 0.702. The van der Waals surface area contributed by atoms with Gasteiger partial charge in [0.25, 0.3) is 0 Å². The SMILES string of the molecule is Cc1cc(C)c(C(=O)CC(C)C(C)(C)C)s1. The minimum Gasteiger partial charge on any atom is -0.293 e. The minimum absolute atomic E-state index is 0.204. The van der Waals surface area contributed by atoms with Crippen molar-refractivity contribution in [2.75, 3.05) is 0 Å². The van der Waals surface area contributed by atoms with Crippen LogP contribution in [0.4, 0.5) is 0 Å². The van der Waals surface area contributed by atoms with Gasteiger partial charge in [0.05, 0.1) is 4.88 Å². The lowest BCUT2D eigenvalue weighted by Gasteiger charge is -2.26. The second kappa shape index (κ2) is 4.70. The molecule has 0 fully saturated rings. The zero-order valence-corrected chi connectivity index (χ0v) is 12.0. The molecule has 90 valence electrons. The summed E-state index contributed by atoms with van der Waals surface area (Å²) in [7, 11) is 0. The van der Waals surface area contributed by atoms with Gasteiger partial charge in [-0.05, 0) is 36.8 Å². The van der Waals surface area contributed by atoms with Gasteiger partial charge >= 0.3 is 0 Å². The van der Waals surface area contributed by atoms with Crippen molar-refractivity contribution in [1.29, 1.82) is 0 Å². The lowest BCUT2D eigenvalue weighted by atomic mass is 9.79. The van der Waals surface area contributed by atoms with Crippen molar-refractivity contribution in [3.63, 3.8) is 0 Å². The monoisotopic (exact) mass is 238 g/mol. The molecule has 1 heterocycles. The van der Waals surface area contributed by atoms with E-state index in [2.05, 4.69) is 40.7 Å². The molecular weight excluding hydrogens is 216 g/mol. The maximum absolute atomic E-state index is 12.1. The fourth-order valence-electron chi connectivity index (χ4n) is 1.60. The van der Waals surface area contributed by atoms with Gasteiger partial charge in [0.15, 0.2) is 5.78 Å². The molecule has 1 atom stereocenters. The maximum atomic E-state index is 12.1. The average Bonchev–Trinajstić information content (AvgIpc) is 2.43. The largest absolute Gasteiger partial charge is 0.293 e. The molecule has 0 aliphatic heterocycles. The lowest BCUT2D eigenvalue weighted by molar-refractivity contribution is 0.0931. The van der Waals surface area contributed by atoms with Gasteiger partial charge in [-0.3, -0.25) is 4.79 Å². The molecule has 0 saturated heterocycles. The van der Waals surface area contributed by atoms with Gasteiger partial charge in [0.1, 0.15) is 0 Å². The molecule has 1 nitrogen and oxygen atoms in total. The standard InChI is InChI=1S/C14H22OS/c1-9-7-11(3)16-13(9)12(15)8-10(2)14(4,5)6/h7,10H,8H2,1-6H3. The molecule has 0 amide bonds. The van der Waals surface area contributed by atoms with E-state index in [1.54, 1.807) is 11.3 Å². The molecule has 0 aliphatic carbocycles. The maximum Gasteiger partial charge on any atom is 0.173 e. The Morgan fingerprint density at radius 3 is 2.31 bits per heavy atom. The molecule has 0 aromatic carbocycles. The lowest BCUT2D eigenvalue weighted by Crippen LogP contribution is -2.20. The number of aryl methyl sites for hydroxylation is 2. The number of hydrogen-bond acceptors (Lipinski definition) is 2. The summed E-state index contributed by atoms with van der Waals surface area (Å²) in [5, 5.41) is 0. The normalized spacial score (nSPS) is 13.9. The topological polar surface area (TPSA) is 17.1 Å². The van der Waals surface area contributed by atoms with Gasteiger partial charge in [-0.1, -0.05) is 27.7 Å². The molecule has 0 radical (unpaired) electrons. The molecular formula is C14H22OS. The summed E-state index contributed by atoms with van der Waals surface area (Å²) in [4.78, 5) is 14.3. The summed E-state index contributed by atoms with van der Waals surface area (Å²) < 4.78 is 0. The smallest absolute Gasteiger partial charge is 0.173 e. The molecule has 0 saturated carbocycles. The van der Waals surface area contributed by atoms with Gasteiger partial charge < -0.3 is 0 Å². The van der Waals surface area contributed by atoms with E-state index in [0.717, 1.165) is 10.4 Å². The Hall–Kier alpha value is -0.630. The second-order valence-electron chi connectivity index (χ2n) is 5.76. The predicted molar refractivity (Wildman–Crippen MR) is 71.4 cm³/mol. The number of thiophene rings is 1. The molecule has 16 heavy (non-hydrogen) atoms. The molecule has 2 heteroatoms. The van der Waals surface area contributed by atoms with Crippen LogP contribution in [0.3, 0.4) is 0 Å². The van der Waals surface area contributed by atoms with E-state index >= 15 is 0 Å².